The highest BCUT2D eigenvalue weighted by molar-refractivity contribution is 6.45. The number of hydrogen-bond acceptors (Lipinski definition) is 4. The number of carbonyl (C=O) groups is 2. The molecule has 162 valence electrons. The second-order valence-electron chi connectivity index (χ2n) is 8.95. The van der Waals surface area contributed by atoms with Crippen molar-refractivity contribution in [1.29, 1.82) is 0 Å². The van der Waals surface area contributed by atoms with Crippen molar-refractivity contribution >= 4 is 23.1 Å². The topological polar surface area (TPSA) is 43.9 Å². The van der Waals surface area contributed by atoms with Crippen LogP contribution in [0.3, 0.4) is 0 Å². The Morgan fingerprint density at radius 1 is 0.871 bits per heavy atom. The van der Waals surface area contributed by atoms with Gasteiger partial charge in [0.1, 0.15) is 5.70 Å². The maximum absolute atomic E-state index is 13.7. The maximum Gasteiger partial charge on any atom is 0.282 e. The summed E-state index contributed by atoms with van der Waals surface area (Å²) in [5.41, 5.74) is 5.77. The van der Waals surface area contributed by atoms with E-state index in [9.17, 15) is 9.59 Å². The number of hydrogen-bond donors (Lipinski definition) is 0. The lowest BCUT2D eigenvalue weighted by atomic mass is 9.99. The second kappa shape index (κ2) is 8.31. The zero-order valence-corrected chi connectivity index (χ0v) is 19.1. The van der Waals surface area contributed by atoms with Gasteiger partial charge in [-0.25, -0.2) is 4.90 Å². The average Bonchev–Trinajstić information content (AvgIpc) is 3.01. The Kier molecular flexibility index (Phi) is 5.71. The summed E-state index contributed by atoms with van der Waals surface area (Å²) in [7, 11) is 4.09. The van der Waals surface area contributed by atoms with E-state index in [0.717, 1.165) is 48.2 Å². The molecule has 0 bridgehead atoms. The fourth-order valence-corrected chi connectivity index (χ4v) is 4.49. The van der Waals surface area contributed by atoms with Crippen LogP contribution in [0.2, 0.25) is 0 Å². The van der Waals surface area contributed by atoms with Crippen molar-refractivity contribution in [1.82, 2.24) is 9.80 Å². The first kappa shape index (κ1) is 21.3. The zero-order valence-electron chi connectivity index (χ0n) is 19.1. The smallest absolute Gasteiger partial charge is 0.282 e. The van der Waals surface area contributed by atoms with Gasteiger partial charge in [0, 0.05) is 13.1 Å². The molecule has 1 saturated heterocycles. The van der Waals surface area contributed by atoms with Crippen LogP contribution < -0.4 is 4.90 Å². The van der Waals surface area contributed by atoms with Gasteiger partial charge in [0.2, 0.25) is 0 Å². The molecule has 0 aliphatic carbocycles. The molecule has 0 spiro atoms. The molecule has 1 fully saturated rings. The molecule has 0 atom stereocenters. The molecular formula is C26H31N3O2. The summed E-state index contributed by atoms with van der Waals surface area (Å²) in [5.74, 6) is -0.475. The number of nitrogens with zero attached hydrogens (tertiary/aromatic N) is 3. The first-order valence-electron chi connectivity index (χ1n) is 11.0. The lowest BCUT2D eigenvalue weighted by Crippen LogP contribution is -2.43. The largest absolute Gasteiger partial charge is 0.366 e. The van der Waals surface area contributed by atoms with Gasteiger partial charge < -0.3 is 9.80 Å². The van der Waals surface area contributed by atoms with Crippen LogP contribution in [-0.2, 0) is 9.59 Å². The molecular weight excluding hydrogens is 386 g/mol. The molecule has 0 saturated carbocycles. The van der Waals surface area contributed by atoms with Crippen molar-refractivity contribution in [3.8, 4) is 0 Å². The van der Waals surface area contributed by atoms with Gasteiger partial charge in [0.15, 0.2) is 0 Å². The summed E-state index contributed by atoms with van der Waals surface area (Å²) in [6.45, 7) is 8.04. The average molecular weight is 418 g/mol. The van der Waals surface area contributed by atoms with Crippen LogP contribution in [0.25, 0.3) is 5.57 Å². The Hall–Kier alpha value is -2.92. The molecule has 4 rings (SSSR count). The van der Waals surface area contributed by atoms with E-state index >= 15 is 0 Å². The van der Waals surface area contributed by atoms with Crippen LogP contribution in [0.1, 0.15) is 35.1 Å². The molecule has 0 unspecified atom stereocenters. The number of aryl methyl sites for hydroxylation is 3. The fourth-order valence-electron chi connectivity index (χ4n) is 4.49. The third-order valence-corrected chi connectivity index (χ3v) is 6.74. The molecule has 0 radical (unpaired) electrons. The third-order valence-electron chi connectivity index (χ3n) is 6.74. The molecule has 31 heavy (non-hydrogen) atoms. The standard InChI is InChI=1S/C26H31N3O2/c1-17-6-9-20(10-7-17)23-24(28(5)21-12-14-27(4)15-13-21)26(31)29(25(23)30)22-11-8-18(2)19(3)16-22/h6-11,16,21H,12-15H2,1-5H3. The van der Waals surface area contributed by atoms with E-state index in [0.29, 0.717) is 17.0 Å². The van der Waals surface area contributed by atoms with Crippen molar-refractivity contribution in [2.45, 2.75) is 39.7 Å². The van der Waals surface area contributed by atoms with Crippen LogP contribution in [0.15, 0.2) is 48.2 Å². The number of rotatable bonds is 4. The van der Waals surface area contributed by atoms with Gasteiger partial charge >= 0.3 is 0 Å². The highest BCUT2D eigenvalue weighted by atomic mass is 16.2. The fraction of sp³-hybridized carbons (Fsp3) is 0.385. The molecule has 2 aliphatic heterocycles. The summed E-state index contributed by atoms with van der Waals surface area (Å²) in [4.78, 5) is 33.1. The molecule has 2 heterocycles. The van der Waals surface area contributed by atoms with Gasteiger partial charge in [-0.05, 0) is 82.6 Å². The Morgan fingerprint density at radius 2 is 1.52 bits per heavy atom. The molecule has 0 N–H and O–H groups in total. The first-order chi connectivity index (χ1) is 14.8. The second-order valence-corrected chi connectivity index (χ2v) is 8.95. The summed E-state index contributed by atoms with van der Waals surface area (Å²) < 4.78 is 0. The minimum atomic E-state index is -0.244. The molecule has 5 heteroatoms. The van der Waals surface area contributed by atoms with Crippen molar-refractivity contribution < 1.29 is 9.59 Å². The maximum atomic E-state index is 13.7. The van der Waals surface area contributed by atoms with E-state index < -0.39 is 0 Å². The SMILES string of the molecule is Cc1ccc(C2=C(N(C)C3CCN(C)CC3)C(=O)N(c3ccc(C)c(C)c3)C2=O)cc1. The Morgan fingerprint density at radius 3 is 2.13 bits per heavy atom. The highest BCUT2D eigenvalue weighted by Gasteiger charge is 2.43. The summed E-state index contributed by atoms with van der Waals surface area (Å²) in [5, 5.41) is 0. The lowest BCUT2D eigenvalue weighted by Gasteiger charge is -2.36. The number of imide groups is 1. The summed E-state index contributed by atoms with van der Waals surface area (Å²) in [6.07, 6.45) is 1.95. The van der Waals surface area contributed by atoms with Gasteiger partial charge in [-0.3, -0.25) is 9.59 Å². The van der Waals surface area contributed by atoms with Gasteiger partial charge in [-0.2, -0.15) is 0 Å². The van der Waals surface area contributed by atoms with Gasteiger partial charge in [-0.1, -0.05) is 35.9 Å². The van der Waals surface area contributed by atoms with E-state index in [1.165, 1.54) is 4.90 Å². The van der Waals surface area contributed by atoms with E-state index in [-0.39, 0.29) is 17.9 Å². The van der Waals surface area contributed by atoms with E-state index in [2.05, 4.69) is 16.8 Å². The van der Waals surface area contributed by atoms with Crippen molar-refractivity contribution in [2.24, 2.45) is 0 Å². The van der Waals surface area contributed by atoms with Gasteiger partial charge in [0.25, 0.3) is 11.8 Å². The summed E-state index contributed by atoms with van der Waals surface area (Å²) in [6, 6.07) is 13.9. The minimum absolute atomic E-state index is 0.231. The van der Waals surface area contributed by atoms with E-state index in [1.54, 1.807) is 0 Å². The lowest BCUT2D eigenvalue weighted by molar-refractivity contribution is -0.120. The zero-order chi connectivity index (χ0) is 22.3. The number of likely N-dealkylation sites (N-methyl/N-ethyl adjacent to an activating group) is 1. The number of benzene rings is 2. The highest BCUT2D eigenvalue weighted by Crippen LogP contribution is 2.36. The van der Waals surface area contributed by atoms with Crippen LogP contribution in [0.5, 0.6) is 0 Å². The molecule has 2 aromatic rings. The number of anilines is 1. The molecule has 0 aromatic heterocycles. The Labute approximate surface area is 184 Å². The monoisotopic (exact) mass is 417 g/mol. The summed E-state index contributed by atoms with van der Waals surface area (Å²) >= 11 is 0. The molecule has 2 aromatic carbocycles. The molecule has 5 nitrogen and oxygen atoms in total. The van der Waals surface area contributed by atoms with Crippen LogP contribution >= 0.6 is 0 Å². The van der Waals surface area contributed by atoms with Crippen LogP contribution in [0.4, 0.5) is 5.69 Å². The van der Waals surface area contributed by atoms with Crippen LogP contribution in [-0.4, -0.2) is 54.8 Å². The minimum Gasteiger partial charge on any atom is -0.366 e. The predicted octanol–water partition coefficient (Wildman–Crippen LogP) is 3.92. The Balaban J connectivity index is 1.79. The number of piperidine rings is 1. The van der Waals surface area contributed by atoms with Crippen molar-refractivity contribution in [3.63, 3.8) is 0 Å². The molecule has 2 aliphatic rings. The normalized spacial score (nSPS) is 18.3. The van der Waals surface area contributed by atoms with Crippen molar-refractivity contribution in [3.05, 3.63) is 70.4 Å². The van der Waals surface area contributed by atoms with Crippen molar-refractivity contribution in [2.75, 3.05) is 32.1 Å². The predicted molar refractivity (Wildman–Crippen MR) is 125 cm³/mol. The van der Waals surface area contributed by atoms with Gasteiger partial charge in [-0.15, -0.1) is 0 Å². The number of amides is 2. The third kappa shape index (κ3) is 3.90. The van der Waals surface area contributed by atoms with Gasteiger partial charge in [0.05, 0.1) is 11.3 Å². The number of likely N-dealkylation sites (tertiary alicyclic amines) is 1. The molecule has 2 amide bonds. The first-order valence-corrected chi connectivity index (χ1v) is 11.0. The quantitative estimate of drug-likeness (QED) is 0.708. The van der Waals surface area contributed by atoms with Crippen LogP contribution in [0, 0.1) is 20.8 Å². The van der Waals surface area contributed by atoms with E-state index in [4.69, 9.17) is 0 Å². The Bertz CT molecular complexity index is 1050. The van der Waals surface area contributed by atoms with E-state index in [1.807, 2.05) is 70.3 Å². The number of carbonyl (C=O) groups excluding carboxylic acids is 2.